The van der Waals surface area contributed by atoms with Gasteiger partial charge in [-0.05, 0) is 43.3 Å². The van der Waals surface area contributed by atoms with Gasteiger partial charge in [-0.2, -0.15) is 0 Å². The van der Waals surface area contributed by atoms with E-state index in [-0.39, 0.29) is 12.5 Å². The number of fused-ring (bicyclic) bond motifs is 1. The van der Waals surface area contributed by atoms with Gasteiger partial charge in [0, 0.05) is 22.9 Å². The van der Waals surface area contributed by atoms with E-state index in [0.717, 1.165) is 0 Å². The molecule has 0 aliphatic carbocycles. The molecule has 0 aromatic heterocycles. The summed E-state index contributed by atoms with van der Waals surface area (Å²) in [5, 5.41) is 5.97. The average molecular weight is 346 g/mol. The number of hydrogen-bond acceptors (Lipinski definition) is 3. The predicted molar refractivity (Wildman–Crippen MR) is 94.1 cm³/mol. The van der Waals surface area contributed by atoms with E-state index in [9.17, 15) is 9.59 Å². The van der Waals surface area contributed by atoms with Crippen molar-refractivity contribution < 1.29 is 14.3 Å². The summed E-state index contributed by atoms with van der Waals surface area (Å²) in [6.07, 6.45) is 0. The first-order valence-electron chi connectivity index (χ1n) is 7.47. The smallest absolute Gasteiger partial charge is 0.323 e. The maximum Gasteiger partial charge on any atom is 0.323 e. The molecule has 124 valence electrons. The van der Waals surface area contributed by atoms with E-state index in [1.165, 1.54) is 0 Å². The Bertz CT molecular complexity index is 794. The van der Waals surface area contributed by atoms with Crippen LogP contribution in [0.25, 0.3) is 0 Å². The molecule has 2 aromatic rings. The Morgan fingerprint density at radius 1 is 1.21 bits per heavy atom. The maximum atomic E-state index is 12.1. The number of carbonyl (C=O) groups is 2. The maximum absolute atomic E-state index is 12.1. The molecule has 3 rings (SSSR count). The third-order valence-electron chi connectivity index (χ3n) is 3.56. The number of likely N-dealkylation sites (N-methyl/N-ethyl adjacent to an activating group) is 1. The molecule has 2 aromatic carbocycles. The van der Waals surface area contributed by atoms with Crippen molar-refractivity contribution in [1.29, 1.82) is 0 Å². The summed E-state index contributed by atoms with van der Waals surface area (Å²) >= 11 is 5.89. The van der Waals surface area contributed by atoms with Crippen molar-refractivity contribution in [3.8, 4) is 5.75 Å². The highest BCUT2D eigenvalue weighted by molar-refractivity contribution is 6.30. The molecule has 0 saturated carbocycles. The summed E-state index contributed by atoms with van der Waals surface area (Å²) in [5.74, 6) is 0.516. The summed E-state index contributed by atoms with van der Waals surface area (Å²) in [5.41, 5.74) is 1.80. The van der Waals surface area contributed by atoms with Gasteiger partial charge in [-0.25, -0.2) is 4.79 Å². The molecule has 0 bridgehead atoms. The minimum Gasteiger partial charge on any atom is -0.482 e. The van der Waals surface area contributed by atoms with Crippen LogP contribution in [0.1, 0.15) is 6.92 Å². The van der Waals surface area contributed by atoms with Crippen molar-refractivity contribution in [2.24, 2.45) is 0 Å². The molecule has 1 aliphatic rings. The highest BCUT2D eigenvalue weighted by Crippen LogP contribution is 2.34. The van der Waals surface area contributed by atoms with E-state index in [2.05, 4.69) is 10.6 Å². The van der Waals surface area contributed by atoms with Crippen LogP contribution in [0.5, 0.6) is 5.75 Å². The van der Waals surface area contributed by atoms with Crippen LogP contribution in [0.2, 0.25) is 5.02 Å². The van der Waals surface area contributed by atoms with E-state index < -0.39 is 6.03 Å². The predicted octanol–water partition coefficient (Wildman–Crippen LogP) is 3.73. The van der Waals surface area contributed by atoms with Gasteiger partial charge in [0.15, 0.2) is 6.61 Å². The lowest BCUT2D eigenvalue weighted by Crippen LogP contribution is -2.38. The molecule has 3 amide bonds. The number of anilines is 3. The third-order valence-corrected chi connectivity index (χ3v) is 3.79. The number of amides is 3. The Morgan fingerprint density at radius 3 is 2.67 bits per heavy atom. The first-order valence-corrected chi connectivity index (χ1v) is 7.85. The summed E-state index contributed by atoms with van der Waals surface area (Å²) in [6, 6.07) is 11.6. The Kier molecular flexibility index (Phi) is 4.57. The van der Waals surface area contributed by atoms with Crippen LogP contribution in [-0.4, -0.2) is 25.1 Å². The van der Waals surface area contributed by atoms with E-state index in [1.807, 2.05) is 6.92 Å². The lowest BCUT2D eigenvalue weighted by atomic mass is 10.2. The second-order valence-electron chi connectivity index (χ2n) is 5.20. The van der Waals surface area contributed by atoms with Crippen molar-refractivity contribution in [2.45, 2.75) is 6.92 Å². The van der Waals surface area contributed by atoms with Gasteiger partial charge in [0.25, 0.3) is 5.91 Å². The minimum absolute atomic E-state index is 0.0306. The molecule has 0 fully saturated rings. The fourth-order valence-corrected chi connectivity index (χ4v) is 2.68. The van der Waals surface area contributed by atoms with Crippen LogP contribution in [0.3, 0.4) is 0 Å². The number of ether oxygens (including phenoxy) is 1. The summed E-state index contributed by atoms with van der Waals surface area (Å²) in [4.78, 5) is 25.6. The minimum atomic E-state index is -0.400. The van der Waals surface area contributed by atoms with Crippen molar-refractivity contribution in [3.63, 3.8) is 0 Å². The number of rotatable bonds is 3. The summed E-state index contributed by atoms with van der Waals surface area (Å²) in [7, 11) is 0. The zero-order valence-electron chi connectivity index (χ0n) is 13.0. The van der Waals surface area contributed by atoms with Crippen LogP contribution >= 0.6 is 11.6 Å². The van der Waals surface area contributed by atoms with Gasteiger partial charge in [0.2, 0.25) is 0 Å². The molecule has 0 unspecified atom stereocenters. The van der Waals surface area contributed by atoms with Crippen LogP contribution < -0.4 is 20.3 Å². The quantitative estimate of drug-likeness (QED) is 0.890. The van der Waals surface area contributed by atoms with Crippen molar-refractivity contribution >= 4 is 40.6 Å². The number of benzene rings is 2. The zero-order chi connectivity index (χ0) is 17.1. The van der Waals surface area contributed by atoms with E-state index in [1.54, 1.807) is 47.4 Å². The topological polar surface area (TPSA) is 70.7 Å². The number of hydrogen-bond donors (Lipinski definition) is 2. The van der Waals surface area contributed by atoms with E-state index in [0.29, 0.717) is 34.4 Å². The normalized spacial score (nSPS) is 13.1. The first kappa shape index (κ1) is 16.1. The van der Waals surface area contributed by atoms with Crippen LogP contribution in [0.4, 0.5) is 21.9 Å². The molecule has 7 heteroatoms. The monoisotopic (exact) mass is 345 g/mol. The third kappa shape index (κ3) is 3.44. The summed E-state index contributed by atoms with van der Waals surface area (Å²) < 4.78 is 5.40. The molecule has 1 heterocycles. The number of halogens is 1. The molecule has 0 spiro atoms. The molecule has 6 nitrogen and oxygen atoms in total. The van der Waals surface area contributed by atoms with Gasteiger partial charge in [-0.15, -0.1) is 0 Å². The largest absolute Gasteiger partial charge is 0.482 e. The average Bonchev–Trinajstić information content (AvgIpc) is 2.54. The fraction of sp³-hybridized carbons (Fsp3) is 0.176. The molecular formula is C17H16ClN3O3. The van der Waals surface area contributed by atoms with Gasteiger partial charge < -0.3 is 20.3 Å². The fourth-order valence-electron chi connectivity index (χ4n) is 2.49. The lowest BCUT2D eigenvalue weighted by molar-refractivity contribution is -0.121. The molecule has 0 saturated heterocycles. The van der Waals surface area contributed by atoms with E-state index in [4.69, 9.17) is 16.3 Å². The highest BCUT2D eigenvalue weighted by Gasteiger charge is 2.24. The Labute approximate surface area is 144 Å². The number of nitrogens with zero attached hydrogens (tertiary/aromatic N) is 1. The van der Waals surface area contributed by atoms with Gasteiger partial charge in [0.1, 0.15) is 5.75 Å². The molecule has 24 heavy (non-hydrogen) atoms. The second-order valence-corrected chi connectivity index (χ2v) is 5.64. The molecule has 2 N–H and O–H groups in total. The SMILES string of the molecule is CCN1C(=O)COc2ccc(NC(=O)Nc3cccc(Cl)c3)cc21. The van der Waals surface area contributed by atoms with Crippen molar-refractivity contribution in [1.82, 2.24) is 0 Å². The van der Waals surface area contributed by atoms with Gasteiger partial charge in [-0.1, -0.05) is 17.7 Å². The Hall–Kier alpha value is -2.73. The van der Waals surface area contributed by atoms with Crippen LogP contribution in [-0.2, 0) is 4.79 Å². The Morgan fingerprint density at radius 2 is 1.96 bits per heavy atom. The lowest BCUT2D eigenvalue weighted by Gasteiger charge is -2.28. The molecule has 1 aliphatic heterocycles. The van der Waals surface area contributed by atoms with Gasteiger partial charge >= 0.3 is 6.03 Å². The van der Waals surface area contributed by atoms with Crippen molar-refractivity contribution in [2.75, 3.05) is 28.7 Å². The van der Waals surface area contributed by atoms with Crippen LogP contribution in [0, 0.1) is 0 Å². The van der Waals surface area contributed by atoms with E-state index >= 15 is 0 Å². The highest BCUT2D eigenvalue weighted by atomic mass is 35.5. The van der Waals surface area contributed by atoms with Crippen molar-refractivity contribution in [3.05, 3.63) is 47.5 Å². The van der Waals surface area contributed by atoms with Gasteiger partial charge in [-0.3, -0.25) is 4.79 Å². The zero-order valence-corrected chi connectivity index (χ0v) is 13.8. The molecule has 0 radical (unpaired) electrons. The molecular weight excluding hydrogens is 330 g/mol. The Balaban J connectivity index is 1.75. The first-order chi connectivity index (χ1) is 11.6. The van der Waals surface area contributed by atoms with Gasteiger partial charge in [0.05, 0.1) is 5.69 Å². The standard InChI is InChI=1S/C17H16ClN3O3/c1-2-21-14-9-13(6-7-15(14)24-10-16(21)22)20-17(23)19-12-5-3-4-11(18)8-12/h3-9H,2,10H2,1H3,(H2,19,20,23). The van der Waals surface area contributed by atoms with Crippen LogP contribution in [0.15, 0.2) is 42.5 Å². The molecule has 0 atom stereocenters. The second kappa shape index (κ2) is 6.80. The summed E-state index contributed by atoms with van der Waals surface area (Å²) in [6.45, 7) is 2.45. The number of urea groups is 1. The number of carbonyl (C=O) groups excluding carboxylic acids is 2. The number of nitrogens with one attached hydrogen (secondary N) is 2.